The Morgan fingerprint density at radius 3 is 2.68 bits per heavy atom. The highest BCUT2D eigenvalue weighted by Gasteiger charge is 2.21. The number of pyridine rings is 1. The average Bonchev–Trinajstić information content (AvgIpc) is 3.10. The molecule has 0 atom stereocenters. The maximum Gasteiger partial charge on any atom is 0.270 e. The Labute approximate surface area is 146 Å². The van der Waals surface area contributed by atoms with Crippen molar-refractivity contribution in [1.82, 2.24) is 15.1 Å². The molecule has 0 bridgehead atoms. The Kier molecular flexibility index (Phi) is 4.48. The fraction of sp³-hybridized carbons (Fsp3) is 0.133. The average molecular weight is 363 g/mol. The number of ether oxygens (including phenoxy) is 2. The molecule has 0 spiro atoms. The van der Waals surface area contributed by atoms with Crippen molar-refractivity contribution in [2.45, 2.75) is 0 Å². The molecule has 128 valence electrons. The topological polar surface area (TPSA) is 113 Å². The molecule has 10 heteroatoms. The van der Waals surface area contributed by atoms with Crippen molar-refractivity contribution in [2.24, 2.45) is 0 Å². The molecule has 0 unspecified atom stereocenters. The predicted octanol–water partition coefficient (Wildman–Crippen LogP) is 3.38. The van der Waals surface area contributed by atoms with E-state index in [-0.39, 0.29) is 28.4 Å². The zero-order valence-corrected chi connectivity index (χ0v) is 13.9. The van der Waals surface area contributed by atoms with Gasteiger partial charge in [0.2, 0.25) is 11.7 Å². The number of nitro groups is 1. The summed E-state index contributed by atoms with van der Waals surface area (Å²) in [6, 6.07) is 7.39. The van der Waals surface area contributed by atoms with Crippen LogP contribution in [0.15, 0.2) is 34.9 Å². The molecule has 0 N–H and O–H groups in total. The monoisotopic (exact) mass is 362 g/mol. The fourth-order valence-corrected chi connectivity index (χ4v) is 2.39. The van der Waals surface area contributed by atoms with E-state index in [0.717, 1.165) is 0 Å². The van der Waals surface area contributed by atoms with Gasteiger partial charge in [0.05, 0.1) is 19.1 Å². The van der Waals surface area contributed by atoms with Crippen LogP contribution in [0, 0.1) is 10.1 Å². The van der Waals surface area contributed by atoms with E-state index in [4.69, 9.17) is 25.6 Å². The highest BCUT2D eigenvalue weighted by atomic mass is 35.5. The first-order chi connectivity index (χ1) is 12.0. The van der Waals surface area contributed by atoms with E-state index in [1.165, 1.54) is 38.5 Å². The van der Waals surface area contributed by atoms with Crippen LogP contribution in [0.1, 0.15) is 0 Å². The van der Waals surface area contributed by atoms with Crippen molar-refractivity contribution in [3.05, 3.63) is 45.6 Å². The minimum absolute atomic E-state index is 0.0718. The largest absolute Gasteiger partial charge is 0.496 e. The molecule has 0 radical (unpaired) electrons. The summed E-state index contributed by atoms with van der Waals surface area (Å²) >= 11 is 6.17. The molecule has 0 saturated carbocycles. The minimum atomic E-state index is -0.506. The number of hydrogen-bond donors (Lipinski definition) is 0. The summed E-state index contributed by atoms with van der Waals surface area (Å²) in [7, 11) is 2.91. The molecule has 1 aromatic carbocycles. The SMILES string of the molecule is COc1cc(OC)c(-c2noc(-c3cccc([N+](=O)[O-])c3)n2)c(Cl)n1. The first kappa shape index (κ1) is 16.7. The van der Waals surface area contributed by atoms with Crippen LogP contribution in [-0.2, 0) is 0 Å². The molecule has 9 nitrogen and oxygen atoms in total. The van der Waals surface area contributed by atoms with Crippen molar-refractivity contribution in [2.75, 3.05) is 14.2 Å². The lowest BCUT2D eigenvalue weighted by Gasteiger charge is -2.08. The van der Waals surface area contributed by atoms with Crippen molar-refractivity contribution < 1.29 is 18.9 Å². The van der Waals surface area contributed by atoms with E-state index < -0.39 is 4.92 Å². The van der Waals surface area contributed by atoms with Gasteiger partial charge >= 0.3 is 0 Å². The van der Waals surface area contributed by atoms with E-state index in [9.17, 15) is 10.1 Å². The number of aromatic nitrogens is 3. The van der Waals surface area contributed by atoms with Crippen LogP contribution in [0.4, 0.5) is 5.69 Å². The lowest BCUT2D eigenvalue weighted by molar-refractivity contribution is -0.384. The molecule has 2 heterocycles. The molecule has 0 aliphatic rings. The molecule has 0 saturated heterocycles. The van der Waals surface area contributed by atoms with Crippen molar-refractivity contribution in [3.63, 3.8) is 0 Å². The Balaban J connectivity index is 2.05. The number of nitro benzene ring substituents is 1. The van der Waals surface area contributed by atoms with Gasteiger partial charge in [0.1, 0.15) is 16.5 Å². The van der Waals surface area contributed by atoms with Crippen LogP contribution >= 0.6 is 11.6 Å². The second-order valence-electron chi connectivity index (χ2n) is 4.76. The quantitative estimate of drug-likeness (QED) is 0.385. The van der Waals surface area contributed by atoms with Gasteiger partial charge in [0, 0.05) is 23.8 Å². The molecular formula is C15H11ClN4O5. The Bertz CT molecular complexity index is 943. The third kappa shape index (κ3) is 3.22. The number of hydrogen-bond acceptors (Lipinski definition) is 8. The van der Waals surface area contributed by atoms with Crippen LogP contribution in [0.2, 0.25) is 5.15 Å². The molecule has 3 rings (SSSR count). The van der Waals surface area contributed by atoms with Gasteiger partial charge in [-0.3, -0.25) is 10.1 Å². The Morgan fingerprint density at radius 2 is 2.00 bits per heavy atom. The lowest BCUT2D eigenvalue weighted by Crippen LogP contribution is -1.96. The summed E-state index contributed by atoms with van der Waals surface area (Å²) in [6.45, 7) is 0. The number of methoxy groups -OCH3 is 2. The Hall–Kier alpha value is -3.20. The van der Waals surface area contributed by atoms with Gasteiger partial charge in [-0.1, -0.05) is 22.8 Å². The normalized spacial score (nSPS) is 10.5. The zero-order valence-electron chi connectivity index (χ0n) is 13.1. The van der Waals surface area contributed by atoms with Crippen LogP contribution in [0.25, 0.3) is 22.8 Å². The first-order valence-corrected chi connectivity index (χ1v) is 7.28. The first-order valence-electron chi connectivity index (χ1n) is 6.91. The van der Waals surface area contributed by atoms with Gasteiger partial charge in [0.15, 0.2) is 0 Å². The van der Waals surface area contributed by atoms with E-state index in [1.807, 2.05) is 0 Å². The smallest absolute Gasteiger partial charge is 0.270 e. The van der Waals surface area contributed by atoms with Gasteiger partial charge < -0.3 is 14.0 Å². The summed E-state index contributed by atoms with van der Waals surface area (Å²) in [6.07, 6.45) is 0. The second kappa shape index (κ2) is 6.73. The molecule has 3 aromatic rings. The van der Waals surface area contributed by atoms with Crippen LogP contribution in [0.3, 0.4) is 0 Å². The number of benzene rings is 1. The molecule has 0 aliphatic carbocycles. The third-order valence-corrected chi connectivity index (χ3v) is 3.57. The standard InChI is InChI=1S/C15H11ClN4O5/c1-23-10-7-11(24-2)17-13(16)12(10)14-18-15(25-19-14)8-4-3-5-9(6-8)20(21)22/h3-7H,1-2H3. The van der Waals surface area contributed by atoms with Gasteiger partial charge in [-0.25, -0.2) is 4.98 Å². The number of halogens is 1. The third-order valence-electron chi connectivity index (χ3n) is 3.30. The predicted molar refractivity (Wildman–Crippen MR) is 87.7 cm³/mol. The highest BCUT2D eigenvalue weighted by molar-refractivity contribution is 6.32. The maximum absolute atomic E-state index is 10.9. The van der Waals surface area contributed by atoms with E-state index in [2.05, 4.69) is 15.1 Å². The molecule has 25 heavy (non-hydrogen) atoms. The van der Waals surface area contributed by atoms with E-state index >= 15 is 0 Å². The molecule has 0 fully saturated rings. The Morgan fingerprint density at radius 1 is 1.20 bits per heavy atom. The van der Waals surface area contributed by atoms with Crippen molar-refractivity contribution in [1.29, 1.82) is 0 Å². The summed E-state index contributed by atoms with van der Waals surface area (Å²) in [5.41, 5.74) is 0.647. The van der Waals surface area contributed by atoms with Crippen LogP contribution in [-0.4, -0.2) is 34.3 Å². The molecule has 0 amide bonds. The summed E-state index contributed by atoms with van der Waals surface area (Å²) in [5, 5.41) is 14.8. The van der Waals surface area contributed by atoms with Gasteiger partial charge in [-0.15, -0.1) is 0 Å². The zero-order chi connectivity index (χ0) is 18.0. The minimum Gasteiger partial charge on any atom is -0.496 e. The van der Waals surface area contributed by atoms with Gasteiger partial charge in [-0.05, 0) is 6.07 Å². The van der Waals surface area contributed by atoms with Gasteiger partial charge in [-0.2, -0.15) is 4.98 Å². The molecule has 2 aromatic heterocycles. The maximum atomic E-state index is 10.9. The lowest BCUT2D eigenvalue weighted by atomic mass is 10.2. The summed E-state index contributed by atoms with van der Waals surface area (Å²) in [4.78, 5) is 18.7. The fourth-order valence-electron chi connectivity index (χ4n) is 2.13. The summed E-state index contributed by atoms with van der Waals surface area (Å²) < 4.78 is 15.5. The van der Waals surface area contributed by atoms with Crippen molar-refractivity contribution >= 4 is 17.3 Å². The summed E-state index contributed by atoms with van der Waals surface area (Å²) in [5.74, 6) is 0.863. The second-order valence-corrected chi connectivity index (χ2v) is 5.12. The molecule has 0 aliphatic heterocycles. The number of non-ortho nitro benzene ring substituents is 1. The van der Waals surface area contributed by atoms with Crippen molar-refractivity contribution in [3.8, 4) is 34.5 Å². The number of nitrogens with zero attached hydrogens (tertiary/aromatic N) is 4. The number of rotatable bonds is 5. The van der Waals surface area contributed by atoms with E-state index in [1.54, 1.807) is 6.07 Å². The van der Waals surface area contributed by atoms with Gasteiger partial charge in [0.25, 0.3) is 11.6 Å². The van der Waals surface area contributed by atoms with E-state index in [0.29, 0.717) is 16.9 Å². The van der Waals surface area contributed by atoms with Crippen LogP contribution < -0.4 is 9.47 Å². The molecular weight excluding hydrogens is 352 g/mol. The highest BCUT2D eigenvalue weighted by Crippen LogP contribution is 2.37. The van der Waals surface area contributed by atoms with Crippen LogP contribution in [0.5, 0.6) is 11.6 Å².